The third kappa shape index (κ3) is 5.27. The van der Waals surface area contributed by atoms with Gasteiger partial charge in [0, 0.05) is 12.0 Å². The average molecular weight is 409 g/mol. The first kappa shape index (κ1) is 21.6. The molecule has 0 aliphatic heterocycles. The van der Waals surface area contributed by atoms with Crippen LogP contribution in [-0.4, -0.2) is 14.4 Å². The van der Waals surface area contributed by atoms with Crippen molar-refractivity contribution in [3.05, 3.63) is 121 Å². The van der Waals surface area contributed by atoms with Crippen molar-refractivity contribution in [2.24, 2.45) is 0 Å². The number of hydrogen-bond donors (Lipinski definition) is 0. The number of rotatable bonds is 8. The maximum atomic E-state index is 7.02. The van der Waals surface area contributed by atoms with E-state index in [9.17, 15) is 0 Å². The standard InChI is InChI=1S/C28H28OSi/c1-4-23-30(26-18-10-6-11-19-26,27-20-12-7-13-21-27)29-28(24(2)3)22-14-17-25-15-8-5-9-16-25/h4-13,15-16,18-21,28H,1-2,22-23H2,3H3. The van der Waals surface area contributed by atoms with E-state index in [-0.39, 0.29) is 6.10 Å². The van der Waals surface area contributed by atoms with Crippen LogP contribution in [0, 0.1) is 11.8 Å². The molecule has 0 aliphatic carbocycles. The SMILES string of the molecule is C=CC[Si](OC(CC#Cc1ccccc1)C(=C)C)(c1ccccc1)c1ccccc1. The van der Waals surface area contributed by atoms with Crippen molar-refractivity contribution in [3.8, 4) is 11.8 Å². The van der Waals surface area contributed by atoms with Gasteiger partial charge in [0.05, 0.1) is 6.10 Å². The van der Waals surface area contributed by atoms with Crippen LogP contribution < -0.4 is 10.4 Å². The molecule has 1 nitrogen and oxygen atoms in total. The highest BCUT2D eigenvalue weighted by molar-refractivity contribution is 6.97. The first-order chi connectivity index (χ1) is 14.7. The maximum absolute atomic E-state index is 7.02. The van der Waals surface area contributed by atoms with Gasteiger partial charge in [-0.3, -0.25) is 0 Å². The second-order valence-electron chi connectivity index (χ2n) is 7.38. The maximum Gasteiger partial charge on any atom is 0.260 e. The van der Waals surface area contributed by atoms with Crippen molar-refractivity contribution >= 4 is 18.7 Å². The first-order valence-corrected chi connectivity index (χ1v) is 12.4. The molecule has 0 bridgehead atoms. The minimum absolute atomic E-state index is 0.145. The molecule has 1 unspecified atom stereocenters. The second kappa shape index (κ2) is 10.6. The number of hydrogen-bond acceptors (Lipinski definition) is 1. The normalized spacial score (nSPS) is 11.8. The molecular weight excluding hydrogens is 380 g/mol. The summed E-state index contributed by atoms with van der Waals surface area (Å²) in [6, 6.07) is 32.0. The van der Waals surface area contributed by atoms with E-state index in [0.29, 0.717) is 6.42 Å². The van der Waals surface area contributed by atoms with Gasteiger partial charge in [-0.05, 0) is 35.5 Å². The Labute approximate surface area is 181 Å². The highest BCUT2D eigenvalue weighted by Crippen LogP contribution is 2.21. The van der Waals surface area contributed by atoms with Gasteiger partial charge < -0.3 is 4.43 Å². The summed E-state index contributed by atoms with van der Waals surface area (Å²) >= 11 is 0. The zero-order chi connectivity index (χ0) is 21.2. The first-order valence-electron chi connectivity index (χ1n) is 10.2. The Morgan fingerprint density at radius 2 is 1.40 bits per heavy atom. The van der Waals surface area contributed by atoms with Gasteiger partial charge in [-0.15, -0.1) is 6.58 Å². The van der Waals surface area contributed by atoms with Gasteiger partial charge in [-0.1, -0.05) is 109 Å². The van der Waals surface area contributed by atoms with Gasteiger partial charge in [-0.25, -0.2) is 0 Å². The predicted molar refractivity (Wildman–Crippen MR) is 131 cm³/mol. The van der Waals surface area contributed by atoms with Crippen LogP contribution in [0.1, 0.15) is 18.9 Å². The van der Waals surface area contributed by atoms with Crippen molar-refractivity contribution in [2.75, 3.05) is 0 Å². The highest BCUT2D eigenvalue weighted by atomic mass is 28.4. The Hall–Kier alpha value is -3.12. The summed E-state index contributed by atoms with van der Waals surface area (Å²) in [7, 11) is -2.55. The van der Waals surface area contributed by atoms with Crippen molar-refractivity contribution < 1.29 is 4.43 Å². The molecule has 0 N–H and O–H groups in total. The summed E-state index contributed by atoms with van der Waals surface area (Å²) in [6.45, 7) is 10.3. The van der Waals surface area contributed by atoms with E-state index in [1.807, 2.05) is 55.5 Å². The van der Waals surface area contributed by atoms with Crippen molar-refractivity contribution in [1.82, 2.24) is 0 Å². The van der Waals surface area contributed by atoms with Crippen LogP contribution in [0.4, 0.5) is 0 Å². The summed E-state index contributed by atoms with van der Waals surface area (Å²) in [5, 5.41) is 2.47. The molecular formula is C28H28OSi. The zero-order valence-corrected chi connectivity index (χ0v) is 18.6. The molecule has 0 amide bonds. The van der Waals surface area contributed by atoms with E-state index in [1.165, 1.54) is 10.4 Å². The summed E-state index contributed by atoms with van der Waals surface area (Å²) in [6.07, 6.45) is 2.45. The van der Waals surface area contributed by atoms with E-state index >= 15 is 0 Å². The second-order valence-corrected chi connectivity index (χ2v) is 10.8. The molecule has 3 aromatic carbocycles. The van der Waals surface area contributed by atoms with Gasteiger partial charge in [0.15, 0.2) is 0 Å². The molecule has 0 aromatic heterocycles. The minimum Gasteiger partial charge on any atom is -0.400 e. The van der Waals surface area contributed by atoms with E-state index in [0.717, 1.165) is 17.2 Å². The molecule has 3 rings (SSSR count). The quantitative estimate of drug-likeness (QED) is 0.278. The van der Waals surface area contributed by atoms with Gasteiger partial charge >= 0.3 is 0 Å². The van der Waals surface area contributed by atoms with E-state index in [1.54, 1.807) is 0 Å². The third-order valence-electron chi connectivity index (χ3n) is 5.10. The Kier molecular flexibility index (Phi) is 7.62. The van der Waals surface area contributed by atoms with E-state index in [4.69, 9.17) is 4.43 Å². The fourth-order valence-electron chi connectivity index (χ4n) is 3.53. The predicted octanol–water partition coefficient (Wildman–Crippen LogP) is 5.34. The molecule has 3 aromatic rings. The molecule has 0 spiro atoms. The summed E-state index contributed by atoms with van der Waals surface area (Å²) < 4.78 is 7.02. The molecule has 1 atom stereocenters. The molecule has 2 heteroatoms. The Morgan fingerprint density at radius 3 is 1.87 bits per heavy atom. The summed E-state index contributed by atoms with van der Waals surface area (Å²) in [5.74, 6) is 6.56. The molecule has 0 radical (unpaired) electrons. The van der Waals surface area contributed by atoms with Gasteiger partial charge in [0.25, 0.3) is 8.32 Å². The monoisotopic (exact) mass is 408 g/mol. The molecule has 0 heterocycles. The van der Waals surface area contributed by atoms with Crippen LogP contribution in [0.25, 0.3) is 0 Å². The fraction of sp³-hybridized carbons (Fsp3) is 0.143. The Morgan fingerprint density at radius 1 is 0.900 bits per heavy atom. The van der Waals surface area contributed by atoms with E-state index in [2.05, 4.69) is 73.5 Å². The average Bonchev–Trinajstić information content (AvgIpc) is 2.79. The highest BCUT2D eigenvalue weighted by Gasteiger charge is 2.40. The lowest BCUT2D eigenvalue weighted by Gasteiger charge is -2.35. The van der Waals surface area contributed by atoms with Crippen LogP contribution in [0.15, 0.2) is 116 Å². The minimum atomic E-state index is -2.55. The lowest BCUT2D eigenvalue weighted by molar-refractivity contribution is 0.241. The molecule has 0 fully saturated rings. The summed E-state index contributed by atoms with van der Waals surface area (Å²) in [4.78, 5) is 0. The van der Waals surface area contributed by atoms with E-state index < -0.39 is 8.32 Å². The van der Waals surface area contributed by atoms with Crippen molar-refractivity contribution in [2.45, 2.75) is 25.5 Å². The van der Waals surface area contributed by atoms with Crippen molar-refractivity contribution in [1.29, 1.82) is 0 Å². The van der Waals surface area contributed by atoms with Crippen LogP contribution in [0.2, 0.25) is 6.04 Å². The fourth-order valence-corrected chi connectivity index (χ4v) is 7.34. The summed E-state index contributed by atoms with van der Waals surface area (Å²) in [5.41, 5.74) is 2.00. The molecule has 0 saturated heterocycles. The topological polar surface area (TPSA) is 9.23 Å². The Bertz CT molecular complexity index is 974. The largest absolute Gasteiger partial charge is 0.400 e. The smallest absolute Gasteiger partial charge is 0.260 e. The zero-order valence-electron chi connectivity index (χ0n) is 17.6. The number of benzene rings is 3. The lowest BCUT2D eigenvalue weighted by Crippen LogP contribution is -2.62. The van der Waals surface area contributed by atoms with Gasteiger partial charge in [-0.2, -0.15) is 0 Å². The lowest BCUT2D eigenvalue weighted by atomic mass is 10.1. The van der Waals surface area contributed by atoms with Crippen LogP contribution in [0.5, 0.6) is 0 Å². The molecule has 150 valence electrons. The van der Waals surface area contributed by atoms with Crippen molar-refractivity contribution in [3.63, 3.8) is 0 Å². The molecule has 0 aliphatic rings. The third-order valence-corrected chi connectivity index (χ3v) is 9.18. The van der Waals surface area contributed by atoms with Crippen LogP contribution in [-0.2, 0) is 4.43 Å². The van der Waals surface area contributed by atoms with Crippen LogP contribution in [0.3, 0.4) is 0 Å². The Balaban J connectivity index is 1.98. The molecule has 0 saturated carbocycles. The van der Waals surface area contributed by atoms with Gasteiger partial charge in [0.2, 0.25) is 0 Å². The van der Waals surface area contributed by atoms with Gasteiger partial charge in [0.1, 0.15) is 0 Å². The molecule has 30 heavy (non-hydrogen) atoms. The number of allylic oxidation sites excluding steroid dienone is 1. The van der Waals surface area contributed by atoms with Crippen LogP contribution >= 0.6 is 0 Å².